The largest absolute Gasteiger partial charge is 0.308 e. The predicted molar refractivity (Wildman–Crippen MR) is 188 cm³/mol. The summed E-state index contributed by atoms with van der Waals surface area (Å²) in [6.45, 7) is 4.30. The Hall–Kier alpha value is -4.43. The quantitative estimate of drug-likeness (QED) is 0.185. The van der Waals surface area contributed by atoms with Gasteiger partial charge in [-0.2, -0.15) is 0 Å². The number of nitrogens with zero attached hydrogens (tertiary/aromatic N) is 2. The molecule has 0 bridgehead atoms. The molecule has 0 radical (unpaired) electrons. The Morgan fingerprint density at radius 3 is 1.15 bits per heavy atom. The number of sulfone groups is 1. The van der Waals surface area contributed by atoms with Crippen LogP contribution in [0.5, 0.6) is 0 Å². The molecular formula is C39H28N2O2S3. The molecule has 0 saturated heterocycles. The molecule has 0 saturated carbocycles. The lowest BCUT2D eigenvalue weighted by Gasteiger charge is -2.38. The number of hydrogen-bond donors (Lipinski definition) is 0. The minimum atomic E-state index is -3.75. The molecule has 46 heavy (non-hydrogen) atoms. The van der Waals surface area contributed by atoms with Gasteiger partial charge in [0.05, 0.1) is 32.5 Å². The van der Waals surface area contributed by atoms with E-state index in [4.69, 9.17) is 0 Å². The van der Waals surface area contributed by atoms with Gasteiger partial charge >= 0.3 is 0 Å². The molecule has 0 unspecified atom stereocenters. The highest BCUT2D eigenvalue weighted by atomic mass is 32.2. The van der Waals surface area contributed by atoms with Crippen molar-refractivity contribution in [3.63, 3.8) is 0 Å². The molecule has 3 heterocycles. The molecule has 0 atom stereocenters. The van der Waals surface area contributed by atoms with Crippen molar-refractivity contribution in [2.45, 2.75) is 48.6 Å². The van der Waals surface area contributed by atoms with Gasteiger partial charge in [-0.25, -0.2) is 8.42 Å². The van der Waals surface area contributed by atoms with Crippen molar-refractivity contribution in [3.8, 4) is 0 Å². The molecular weight excluding hydrogens is 625 g/mol. The number of anilines is 6. The van der Waals surface area contributed by atoms with Crippen molar-refractivity contribution in [1.29, 1.82) is 0 Å². The number of benzene rings is 6. The number of fused-ring (bicyclic) bond motifs is 6. The van der Waals surface area contributed by atoms with Crippen LogP contribution in [-0.2, 0) is 15.3 Å². The topological polar surface area (TPSA) is 40.6 Å². The van der Waals surface area contributed by atoms with Gasteiger partial charge in [0.15, 0.2) is 0 Å². The number of para-hydroxylation sites is 4. The van der Waals surface area contributed by atoms with Gasteiger partial charge in [0.2, 0.25) is 9.84 Å². The lowest BCUT2D eigenvalue weighted by Crippen LogP contribution is -2.30. The van der Waals surface area contributed by atoms with E-state index >= 15 is 0 Å². The van der Waals surface area contributed by atoms with Gasteiger partial charge in [0, 0.05) is 36.4 Å². The predicted octanol–water partition coefficient (Wildman–Crippen LogP) is 11.0. The van der Waals surface area contributed by atoms with Crippen molar-refractivity contribution in [3.05, 3.63) is 145 Å². The van der Waals surface area contributed by atoms with Gasteiger partial charge in [-0.05, 0) is 96.1 Å². The summed E-state index contributed by atoms with van der Waals surface area (Å²) in [4.78, 5) is 9.94. The molecule has 0 fully saturated rings. The summed E-state index contributed by atoms with van der Waals surface area (Å²) in [6.07, 6.45) is 0. The zero-order valence-electron chi connectivity index (χ0n) is 25.1. The molecule has 6 aromatic rings. The molecule has 0 aliphatic carbocycles. The van der Waals surface area contributed by atoms with E-state index in [9.17, 15) is 8.42 Å². The molecule has 0 aromatic heterocycles. The van der Waals surface area contributed by atoms with Gasteiger partial charge in [-0.3, -0.25) is 0 Å². The summed E-state index contributed by atoms with van der Waals surface area (Å²) in [6, 6.07) is 45.3. The fraction of sp³-hybridized carbons (Fsp3) is 0.0769. The van der Waals surface area contributed by atoms with Crippen LogP contribution in [0.2, 0.25) is 0 Å². The van der Waals surface area contributed by atoms with Crippen LogP contribution in [0.15, 0.2) is 163 Å². The first-order valence-electron chi connectivity index (χ1n) is 15.2. The van der Waals surface area contributed by atoms with Crippen molar-refractivity contribution in [2.75, 3.05) is 9.80 Å². The fourth-order valence-electron chi connectivity index (χ4n) is 6.99. The Morgan fingerprint density at radius 2 is 0.804 bits per heavy atom. The summed E-state index contributed by atoms with van der Waals surface area (Å²) in [5.74, 6) is 0. The highest BCUT2D eigenvalue weighted by Gasteiger charge is 2.42. The third-order valence-electron chi connectivity index (χ3n) is 9.23. The Morgan fingerprint density at radius 1 is 0.478 bits per heavy atom. The first-order valence-corrected chi connectivity index (χ1v) is 18.3. The van der Waals surface area contributed by atoms with E-state index in [-0.39, 0.29) is 0 Å². The SMILES string of the molecule is CC1(C)c2cc(N3c4ccccc4Sc4ccccc43)ccc2S(=O)(=O)c2ccc(N3c4ccccc4Sc4ccccc43)cc21. The zero-order valence-corrected chi connectivity index (χ0v) is 27.6. The van der Waals surface area contributed by atoms with E-state index in [1.54, 1.807) is 35.7 Å². The van der Waals surface area contributed by atoms with E-state index in [0.717, 1.165) is 45.3 Å². The summed E-state index contributed by atoms with van der Waals surface area (Å²) < 4.78 is 28.6. The maximum Gasteiger partial charge on any atom is 0.207 e. The Labute approximate surface area is 277 Å². The molecule has 9 rings (SSSR count). The lowest BCUT2D eigenvalue weighted by molar-refractivity contribution is 0.556. The molecule has 0 N–H and O–H groups in total. The maximum atomic E-state index is 14.3. The maximum absolute atomic E-state index is 14.3. The second-order valence-electron chi connectivity index (χ2n) is 12.2. The van der Waals surface area contributed by atoms with Crippen LogP contribution in [-0.4, -0.2) is 8.42 Å². The smallest absolute Gasteiger partial charge is 0.207 e. The molecule has 7 heteroatoms. The highest BCUT2D eigenvalue weighted by Crippen LogP contribution is 2.55. The average molecular weight is 653 g/mol. The van der Waals surface area contributed by atoms with E-state index < -0.39 is 15.3 Å². The molecule has 0 spiro atoms. The average Bonchev–Trinajstić information content (AvgIpc) is 3.08. The normalized spacial score (nSPS) is 16.3. The minimum absolute atomic E-state index is 0.375. The Kier molecular flexibility index (Phi) is 6.07. The van der Waals surface area contributed by atoms with Gasteiger partial charge < -0.3 is 9.80 Å². The fourth-order valence-corrected chi connectivity index (χ4v) is 11.0. The Bertz CT molecular complexity index is 2100. The lowest BCUT2D eigenvalue weighted by atomic mass is 9.77. The van der Waals surface area contributed by atoms with E-state index in [2.05, 4.69) is 133 Å². The van der Waals surface area contributed by atoms with Gasteiger partial charge in [0.25, 0.3) is 0 Å². The third-order valence-corrected chi connectivity index (χ3v) is 13.4. The minimum Gasteiger partial charge on any atom is -0.308 e. The summed E-state index contributed by atoms with van der Waals surface area (Å²) in [5, 5.41) is 0. The van der Waals surface area contributed by atoms with Crippen molar-refractivity contribution in [1.82, 2.24) is 0 Å². The van der Waals surface area contributed by atoms with Crippen LogP contribution in [0.1, 0.15) is 25.0 Å². The summed E-state index contributed by atoms with van der Waals surface area (Å²) in [5.41, 5.74) is 7.26. The number of hydrogen-bond acceptors (Lipinski definition) is 6. The van der Waals surface area contributed by atoms with E-state index in [1.165, 1.54) is 19.6 Å². The highest BCUT2D eigenvalue weighted by molar-refractivity contribution is 8.00. The second-order valence-corrected chi connectivity index (χ2v) is 16.3. The van der Waals surface area contributed by atoms with Crippen LogP contribution >= 0.6 is 23.5 Å². The van der Waals surface area contributed by atoms with Gasteiger partial charge in [-0.1, -0.05) is 85.9 Å². The number of rotatable bonds is 2. The van der Waals surface area contributed by atoms with Crippen molar-refractivity contribution in [2.24, 2.45) is 0 Å². The first kappa shape index (κ1) is 27.8. The van der Waals surface area contributed by atoms with Crippen molar-refractivity contribution < 1.29 is 8.42 Å². The molecule has 3 aliphatic rings. The van der Waals surface area contributed by atoms with Gasteiger partial charge in [0.1, 0.15) is 0 Å². The molecule has 3 aliphatic heterocycles. The molecule has 224 valence electrons. The standard InChI is InChI=1S/C39H28N2O2S3/c1-39(2)27-23-25(40-29-11-3-7-15-33(29)44-34-16-8-4-12-30(34)40)19-21-37(27)46(42,43)38-22-20-26(24-28(38)39)41-31-13-5-9-17-35(31)45-36-18-10-6-14-32(36)41/h3-24H,1-2H3. The van der Waals surface area contributed by atoms with Crippen molar-refractivity contribution >= 4 is 67.5 Å². The van der Waals surface area contributed by atoms with E-state index in [0.29, 0.717) is 9.79 Å². The molecule has 4 nitrogen and oxygen atoms in total. The van der Waals surface area contributed by atoms with E-state index in [1.807, 2.05) is 12.1 Å². The summed E-state index contributed by atoms with van der Waals surface area (Å²) >= 11 is 3.52. The van der Waals surface area contributed by atoms with Crippen LogP contribution in [0.3, 0.4) is 0 Å². The molecule has 6 aromatic carbocycles. The van der Waals surface area contributed by atoms with Crippen LogP contribution < -0.4 is 9.80 Å². The van der Waals surface area contributed by atoms with Crippen LogP contribution in [0.4, 0.5) is 34.1 Å². The Balaban J connectivity index is 1.22. The van der Waals surface area contributed by atoms with Gasteiger partial charge in [-0.15, -0.1) is 0 Å². The first-order chi connectivity index (χ1) is 22.3. The zero-order chi connectivity index (χ0) is 31.2. The third kappa shape index (κ3) is 3.98. The second kappa shape index (κ2) is 10.0. The van der Waals surface area contributed by atoms with Crippen LogP contribution in [0.25, 0.3) is 0 Å². The molecule has 0 amide bonds. The monoisotopic (exact) mass is 652 g/mol. The van der Waals surface area contributed by atoms with Crippen LogP contribution in [0, 0.1) is 0 Å². The summed E-state index contributed by atoms with van der Waals surface area (Å²) in [7, 11) is -3.75.